The largest absolute Gasteiger partial charge is 0.309 e. The number of nitrogens with zero attached hydrogens (tertiary/aromatic N) is 1. The Morgan fingerprint density at radius 2 is 1.95 bits per heavy atom. The van der Waals surface area contributed by atoms with Gasteiger partial charge in [0.25, 0.3) is 0 Å². The molecule has 0 aliphatic heterocycles. The lowest BCUT2D eigenvalue weighted by molar-refractivity contribution is 0.461. The third kappa shape index (κ3) is 3.89. The minimum atomic E-state index is -0.224. The molecule has 0 bridgehead atoms. The Balaban J connectivity index is 2.36. The van der Waals surface area contributed by atoms with Gasteiger partial charge in [0.05, 0.1) is 4.47 Å². The molecule has 2 atom stereocenters. The molecule has 1 heterocycles. The average Bonchev–Trinajstić information content (AvgIpc) is 2.52. The number of halogens is 2. The molecule has 2 aromatic rings. The zero-order valence-electron chi connectivity index (χ0n) is 12.3. The van der Waals surface area contributed by atoms with Crippen LogP contribution in [0.2, 0.25) is 0 Å². The first kappa shape index (κ1) is 16.1. The van der Waals surface area contributed by atoms with E-state index in [0.717, 1.165) is 18.5 Å². The Labute approximate surface area is 133 Å². The third-order valence-corrected chi connectivity index (χ3v) is 4.50. The summed E-state index contributed by atoms with van der Waals surface area (Å²) in [7, 11) is 0. The first-order chi connectivity index (χ1) is 10.1. The lowest BCUT2D eigenvalue weighted by atomic mass is 9.89. The van der Waals surface area contributed by atoms with E-state index in [1.807, 2.05) is 18.2 Å². The van der Waals surface area contributed by atoms with E-state index in [9.17, 15) is 4.39 Å². The van der Waals surface area contributed by atoms with Crippen LogP contribution < -0.4 is 5.32 Å². The molecule has 0 spiro atoms. The Morgan fingerprint density at radius 3 is 2.62 bits per heavy atom. The summed E-state index contributed by atoms with van der Waals surface area (Å²) in [6, 6.07) is 9.28. The van der Waals surface area contributed by atoms with Gasteiger partial charge in [-0.25, -0.2) is 4.39 Å². The van der Waals surface area contributed by atoms with Crippen molar-refractivity contribution in [1.29, 1.82) is 0 Å². The molecule has 112 valence electrons. The molecule has 0 fully saturated rings. The van der Waals surface area contributed by atoms with E-state index in [0.29, 0.717) is 4.47 Å². The van der Waals surface area contributed by atoms with Gasteiger partial charge < -0.3 is 5.32 Å². The van der Waals surface area contributed by atoms with Gasteiger partial charge >= 0.3 is 0 Å². The molecule has 2 rings (SSSR count). The van der Waals surface area contributed by atoms with E-state index in [-0.39, 0.29) is 17.8 Å². The molecule has 1 N–H and O–H groups in total. The van der Waals surface area contributed by atoms with Crippen LogP contribution >= 0.6 is 15.9 Å². The Morgan fingerprint density at radius 1 is 1.24 bits per heavy atom. The van der Waals surface area contributed by atoms with Crippen LogP contribution in [0.25, 0.3) is 0 Å². The van der Waals surface area contributed by atoms with E-state index in [4.69, 9.17) is 0 Å². The third-order valence-electron chi connectivity index (χ3n) is 3.66. The summed E-state index contributed by atoms with van der Waals surface area (Å²) in [5.41, 5.74) is 2.14. The summed E-state index contributed by atoms with van der Waals surface area (Å²) < 4.78 is 14.4. The summed E-state index contributed by atoms with van der Waals surface area (Å²) in [4.78, 5) is 4.06. The first-order valence-corrected chi connectivity index (χ1v) is 8.01. The van der Waals surface area contributed by atoms with E-state index < -0.39 is 0 Å². The molecule has 0 amide bonds. The van der Waals surface area contributed by atoms with E-state index in [1.165, 1.54) is 11.6 Å². The van der Waals surface area contributed by atoms with Crippen LogP contribution in [0, 0.1) is 5.82 Å². The molecule has 1 aromatic heterocycles. The normalized spacial score (nSPS) is 13.9. The van der Waals surface area contributed by atoms with Crippen molar-refractivity contribution in [2.45, 2.75) is 32.2 Å². The molecule has 0 aliphatic rings. The quantitative estimate of drug-likeness (QED) is 0.807. The maximum Gasteiger partial charge on any atom is 0.137 e. The SMILES string of the molecule is CCCNC(c1cccc(F)c1Br)C(C)c1ccncc1. The van der Waals surface area contributed by atoms with Gasteiger partial charge in [0.1, 0.15) is 5.82 Å². The minimum absolute atomic E-state index is 0.0532. The fourth-order valence-corrected chi connectivity index (χ4v) is 2.99. The van der Waals surface area contributed by atoms with Crippen LogP contribution in [0.1, 0.15) is 43.4 Å². The zero-order chi connectivity index (χ0) is 15.2. The number of pyridine rings is 1. The van der Waals surface area contributed by atoms with Crippen molar-refractivity contribution in [2.75, 3.05) is 6.54 Å². The monoisotopic (exact) mass is 350 g/mol. The van der Waals surface area contributed by atoms with Crippen molar-refractivity contribution in [1.82, 2.24) is 10.3 Å². The summed E-state index contributed by atoms with van der Waals surface area (Å²) in [6.07, 6.45) is 4.62. The summed E-state index contributed by atoms with van der Waals surface area (Å²) in [5, 5.41) is 3.53. The van der Waals surface area contributed by atoms with E-state index in [2.05, 4.69) is 40.1 Å². The standard InChI is InChI=1S/C17H20BrFN2/c1-3-9-21-17(12(2)13-7-10-20-11-8-13)14-5-4-6-15(19)16(14)18/h4-8,10-12,17,21H,3,9H2,1-2H3. The van der Waals surface area contributed by atoms with Crippen molar-refractivity contribution >= 4 is 15.9 Å². The number of benzene rings is 1. The summed E-state index contributed by atoms with van der Waals surface area (Å²) in [5.74, 6) is -0.00428. The van der Waals surface area contributed by atoms with Gasteiger partial charge in [-0.3, -0.25) is 4.98 Å². The molecule has 1 aromatic carbocycles. The highest BCUT2D eigenvalue weighted by Gasteiger charge is 2.23. The number of hydrogen-bond acceptors (Lipinski definition) is 2. The average molecular weight is 351 g/mol. The summed E-state index contributed by atoms with van der Waals surface area (Å²) >= 11 is 3.39. The molecular formula is C17H20BrFN2. The molecule has 0 radical (unpaired) electrons. The lowest BCUT2D eigenvalue weighted by Crippen LogP contribution is -2.27. The van der Waals surface area contributed by atoms with E-state index >= 15 is 0 Å². The molecule has 0 aliphatic carbocycles. The van der Waals surface area contributed by atoms with Crippen LogP contribution in [-0.2, 0) is 0 Å². The molecule has 0 saturated carbocycles. The second-order valence-electron chi connectivity index (χ2n) is 5.14. The van der Waals surface area contributed by atoms with Crippen LogP contribution in [0.3, 0.4) is 0 Å². The van der Waals surface area contributed by atoms with Crippen molar-refractivity contribution < 1.29 is 4.39 Å². The van der Waals surface area contributed by atoms with Gasteiger partial charge in [0.2, 0.25) is 0 Å². The fourth-order valence-electron chi connectivity index (χ4n) is 2.48. The molecule has 0 saturated heterocycles. The highest BCUT2D eigenvalue weighted by molar-refractivity contribution is 9.10. The van der Waals surface area contributed by atoms with Gasteiger partial charge in [0, 0.05) is 24.4 Å². The van der Waals surface area contributed by atoms with Crippen LogP contribution in [0.5, 0.6) is 0 Å². The van der Waals surface area contributed by atoms with E-state index in [1.54, 1.807) is 18.5 Å². The van der Waals surface area contributed by atoms with Crippen molar-refractivity contribution in [3.05, 3.63) is 64.1 Å². The molecule has 4 heteroatoms. The second kappa shape index (κ2) is 7.66. The van der Waals surface area contributed by atoms with Crippen LogP contribution in [-0.4, -0.2) is 11.5 Å². The highest BCUT2D eigenvalue weighted by Crippen LogP contribution is 2.35. The Hall–Kier alpha value is -1.26. The Bertz CT molecular complexity index is 574. The van der Waals surface area contributed by atoms with Gasteiger partial charge in [-0.1, -0.05) is 26.0 Å². The number of nitrogens with one attached hydrogen (secondary N) is 1. The predicted octanol–water partition coefficient (Wildman–Crippen LogP) is 4.83. The predicted molar refractivity (Wildman–Crippen MR) is 87.8 cm³/mol. The number of rotatable bonds is 6. The lowest BCUT2D eigenvalue weighted by Gasteiger charge is -2.27. The van der Waals surface area contributed by atoms with Crippen molar-refractivity contribution in [3.8, 4) is 0 Å². The van der Waals surface area contributed by atoms with Crippen LogP contribution in [0.15, 0.2) is 47.2 Å². The minimum Gasteiger partial charge on any atom is -0.309 e. The first-order valence-electron chi connectivity index (χ1n) is 7.22. The number of hydrogen-bond donors (Lipinski definition) is 1. The molecule has 2 nitrogen and oxygen atoms in total. The Kier molecular flexibility index (Phi) is 5.88. The maximum absolute atomic E-state index is 13.8. The number of aromatic nitrogens is 1. The zero-order valence-corrected chi connectivity index (χ0v) is 13.9. The maximum atomic E-state index is 13.8. The highest BCUT2D eigenvalue weighted by atomic mass is 79.9. The van der Waals surface area contributed by atoms with Gasteiger partial charge in [-0.05, 0) is 58.2 Å². The van der Waals surface area contributed by atoms with Crippen LogP contribution in [0.4, 0.5) is 4.39 Å². The molecule has 21 heavy (non-hydrogen) atoms. The molecule has 2 unspecified atom stereocenters. The van der Waals surface area contributed by atoms with Crippen molar-refractivity contribution in [2.24, 2.45) is 0 Å². The van der Waals surface area contributed by atoms with Gasteiger partial charge in [-0.2, -0.15) is 0 Å². The van der Waals surface area contributed by atoms with Gasteiger partial charge in [0.15, 0.2) is 0 Å². The second-order valence-corrected chi connectivity index (χ2v) is 5.94. The van der Waals surface area contributed by atoms with Gasteiger partial charge in [-0.15, -0.1) is 0 Å². The topological polar surface area (TPSA) is 24.9 Å². The summed E-state index contributed by atoms with van der Waals surface area (Å²) in [6.45, 7) is 5.17. The van der Waals surface area contributed by atoms with Crippen molar-refractivity contribution in [3.63, 3.8) is 0 Å². The fraction of sp³-hybridized carbons (Fsp3) is 0.353. The smallest absolute Gasteiger partial charge is 0.137 e. The molecular weight excluding hydrogens is 331 g/mol.